The topological polar surface area (TPSA) is 20.3 Å². The first-order valence-corrected chi connectivity index (χ1v) is 4.50. The maximum atomic E-state index is 10.4. The summed E-state index contributed by atoms with van der Waals surface area (Å²) in [6, 6.07) is 0.113. The van der Waals surface area contributed by atoms with E-state index in [9.17, 15) is 4.79 Å². The molecule has 0 amide bonds. The summed E-state index contributed by atoms with van der Waals surface area (Å²) in [4.78, 5) is 12.7. The Morgan fingerprint density at radius 3 is 3.09 bits per heavy atom. The SMILES string of the molecule is CCCCN1CCC[C@H]1[C]=O. The zero-order valence-electron chi connectivity index (χ0n) is 7.18. The van der Waals surface area contributed by atoms with E-state index in [0.29, 0.717) is 0 Å². The fourth-order valence-electron chi connectivity index (χ4n) is 1.59. The second-order valence-electron chi connectivity index (χ2n) is 3.17. The number of carbonyl (C=O) groups excluding carboxylic acids is 1. The van der Waals surface area contributed by atoms with Crippen molar-refractivity contribution in [1.29, 1.82) is 0 Å². The predicted molar refractivity (Wildman–Crippen MR) is 45.2 cm³/mol. The lowest BCUT2D eigenvalue weighted by atomic mass is 10.2. The van der Waals surface area contributed by atoms with Gasteiger partial charge in [0.25, 0.3) is 0 Å². The molecule has 0 aromatic carbocycles. The number of hydrogen-bond acceptors (Lipinski definition) is 2. The fourth-order valence-corrected chi connectivity index (χ4v) is 1.59. The van der Waals surface area contributed by atoms with Crippen LogP contribution in [0.25, 0.3) is 0 Å². The van der Waals surface area contributed by atoms with Crippen molar-refractivity contribution in [3.05, 3.63) is 0 Å². The maximum absolute atomic E-state index is 10.4. The lowest BCUT2D eigenvalue weighted by Crippen LogP contribution is -2.31. The van der Waals surface area contributed by atoms with Crippen molar-refractivity contribution in [3.63, 3.8) is 0 Å². The molecule has 1 aliphatic rings. The average Bonchev–Trinajstić information content (AvgIpc) is 2.47. The molecular formula is C9H16NO. The van der Waals surface area contributed by atoms with Crippen molar-refractivity contribution >= 4 is 6.29 Å². The Kier molecular flexibility index (Phi) is 3.57. The summed E-state index contributed by atoms with van der Waals surface area (Å²) in [5.74, 6) is 0. The highest BCUT2D eigenvalue weighted by atomic mass is 16.1. The Bertz CT molecular complexity index is 125. The fraction of sp³-hybridized carbons (Fsp3) is 0.889. The Balaban J connectivity index is 2.25. The molecule has 63 valence electrons. The molecule has 11 heavy (non-hydrogen) atoms. The van der Waals surface area contributed by atoms with Gasteiger partial charge in [-0.2, -0.15) is 0 Å². The molecule has 1 fully saturated rings. The minimum Gasteiger partial charge on any atom is -0.293 e. The number of likely N-dealkylation sites (tertiary alicyclic amines) is 1. The van der Waals surface area contributed by atoms with Crippen LogP contribution in [-0.4, -0.2) is 30.3 Å². The first-order chi connectivity index (χ1) is 5.38. The third-order valence-electron chi connectivity index (χ3n) is 2.30. The largest absolute Gasteiger partial charge is 0.293 e. The van der Waals surface area contributed by atoms with Crippen LogP contribution in [0, 0.1) is 0 Å². The number of rotatable bonds is 4. The van der Waals surface area contributed by atoms with Crippen molar-refractivity contribution in [2.75, 3.05) is 13.1 Å². The van der Waals surface area contributed by atoms with Crippen LogP contribution in [0.4, 0.5) is 0 Å². The molecule has 0 aliphatic carbocycles. The van der Waals surface area contributed by atoms with Crippen molar-refractivity contribution in [3.8, 4) is 0 Å². The molecule has 2 heteroatoms. The summed E-state index contributed by atoms with van der Waals surface area (Å²) in [6.45, 7) is 4.35. The van der Waals surface area contributed by atoms with Gasteiger partial charge in [-0.3, -0.25) is 9.69 Å². The van der Waals surface area contributed by atoms with Gasteiger partial charge in [0, 0.05) is 0 Å². The first kappa shape index (κ1) is 8.72. The lowest BCUT2D eigenvalue weighted by molar-refractivity contribution is 0.291. The van der Waals surface area contributed by atoms with E-state index in [1.807, 2.05) is 0 Å². The predicted octanol–water partition coefficient (Wildman–Crippen LogP) is 1.36. The van der Waals surface area contributed by atoms with Gasteiger partial charge in [0.1, 0.15) is 0 Å². The molecule has 1 radical (unpaired) electrons. The molecule has 0 spiro atoms. The molecule has 0 aromatic heterocycles. The monoisotopic (exact) mass is 154 g/mol. The number of hydrogen-bond donors (Lipinski definition) is 0. The molecule has 0 N–H and O–H groups in total. The number of nitrogens with zero attached hydrogens (tertiary/aromatic N) is 1. The zero-order valence-corrected chi connectivity index (χ0v) is 7.18. The van der Waals surface area contributed by atoms with Crippen molar-refractivity contribution in [2.45, 2.75) is 38.6 Å². The van der Waals surface area contributed by atoms with Gasteiger partial charge in [-0.1, -0.05) is 13.3 Å². The molecule has 0 bridgehead atoms. The highest BCUT2D eigenvalue weighted by Gasteiger charge is 2.23. The molecule has 1 atom stereocenters. The summed E-state index contributed by atoms with van der Waals surface area (Å²) in [5.41, 5.74) is 0. The third-order valence-corrected chi connectivity index (χ3v) is 2.30. The van der Waals surface area contributed by atoms with E-state index in [1.54, 1.807) is 0 Å². The van der Waals surface area contributed by atoms with Crippen molar-refractivity contribution in [1.82, 2.24) is 4.90 Å². The molecule has 0 unspecified atom stereocenters. The molecule has 2 nitrogen and oxygen atoms in total. The van der Waals surface area contributed by atoms with Crippen LogP contribution in [-0.2, 0) is 4.79 Å². The van der Waals surface area contributed by atoms with E-state index in [4.69, 9.17) is 0 Å². The minimum absolute atomic E-state index is 0.113. The normalized spacial score (nSPS) is 25.7. The first-order valence-electron chi connectivity index (χ1n) is 4.50. The van der Waals surface area contributed by atoms with Crippen LogP contribution in [0.15, 0.2) is 0 Å². The summed E-state index contributed by atoms with van der Waals surface area (Å²) in [6.07, 6.45) is 6.71. The molecule has 1 aliphatic heterocycles. The third kappa shape index (κ3) is 2.29. The minimum atomic E-state index is 0.113. The summed E-state index contributed by atoms with van der Waals surface area (Å²) >= 11 is 0. The van der Waals surface area contributed by atoms with Crippen LogP contribution in [0.1, 0.15) is 32.6 Å². The van der Waals surface area contributed by atoms with Gasteiger partial charge >= 0.3 is 0 Å². The quantitative estimate of drug-likeness (QED) is 0.609. The zero-order chi connectivity index (χ0) is 8.10. The lowest BCUT2D eigenvalue weighted by Gasteiger charge is -2.18. The van der Waals surface area contributed by atoms with Gasteiger partial charge in [-0.15, -0.1) is 0 Å². The molecule has 0 aromatic rings. The van der Waals surface area contributed by atoms with Gasteiger partial charge in [-0.05, 0) is 32.4 Å². The number of unbranched alkanes of at least 4 members (excludes halogenated alkanes) is 1. The second-order valence-corrected chi connectivity index (χ2v) is 3.17. The van der Waals surface area contributed by atoms with Crippen LogP contribution in [0.3, 0.4) is 0 Å². The van der Waals surface area contributed by atoms with Crippen LogP contribution < -0.4 is 0 Å². The Morgan fingerprint density at radius 1 is 1.64 bits per heavy atom. The molecule has 1 heterocycles. The van der Waals surface area contributed by atoms with E-state index in [1.165, 1.54) is 19.3 Å². The van der Waals surface area contributed by atoms with Gasteiger partial charge in [-0.25, -0.2) is 0 Å². The highest BCUT2D eigenvalue weighted by molar-refractivity contribution is 5.58. The van der Waals surface area contributed by atoms with E-state index in [-0.39, 0.29) is 6.04 Å². The molecule has 1 rings (SSSR count). The van der Waals surface area contributed by atoms with Gasteiger partial charge in [0.2, 0.25) is 6.29 Å². The Labute approximate surface area is 68.6 Å². The maximum Gasteiger partial charge on any atom is 0.217 e. The second kappa shape index (κ2) is 4.50. The summed E-state index contributed by atoms with van der Waals surface area (Å²) in [5, 5.41) is 0. The van der Waals surface area contributed by atoms with E-state index < -0.39 is 0 Å². The Morgan fingerprint density at radius 2 is 2.45 bits per heavy atom. The highest BCUT2D eigenvalue weighted by Crippen LogP contribution is 2.15. The van der Waals surface area contributed by atoms with E-state index in [2.05, 4.69) is 18.1 Å². The van der Waals surface area contributed by atoms with Crippen molar-refractivity contribution in [2.24, 2.45) is 0 Å². The smallest absolute Gasteiger partial charge is 0.217 e. The van der Waals surface area contributed by atoms with Crippen LogP contribution >= 0.6 is 0 Å². The van der Waals surface area contributed by atoms with Gasteiger partial charge < -0.3 is 0 Å². The molecule has 0 saturated carbocycles. The van der Waals surface area contributed by atoms with Crippen LogP contribution in [0.5, 0.6) is 0 Å². The Hall–Kier alpha value is -0.370. The van der Waals surface area contributed by atoms with E-state index in [0.717, 1.165) is 19.5 Å². The standard InChI is InChI=1S/C9H16NO/c1-2-3-6-10-7-4-5-9(10)8-11/h9H,2-7H2,1H3/t9-/m0/s1. The molecular weight excluding hydrogens is 138 g/mol. The van der Waals surface area contributed by atoms with Gasteiger partial charge in [0.05, 0.1) is 6.04 Å². The summed E-state index contributed by atoms with van der Waals surface area (Å²) in [7, 11) is 0. The van der Waals surface area contributed by atoms with Crippen LogP contribution in [0.2, 0.25) is 0 Å². The van der Waals surface area contributed by atoms with Gasteiger partial charge in [0.15, 0.2) is 0 Å². The molecule has 1 saturated heterocycles. The van der Waals surface area contributed by atoms with Crippen molar-refractivity contribution < 1.29 is 4.79 Å². The van der Waals surface area contributed by atoms with E-state index >= 15 is 0 Å². The average molecular weight is 154 g/mol. The summed E-state index contributed by atoms with van der Waals surface area (Å²) < 4.78 is 0.